The summed E-state index contributed by atoms with van der Waals surface area (Å²) in [6, 6.07) is 6.86. The van der Waals surface area contributed by atoms with E-state index in [4.69, 9.17) is 16.3 Å². The molecule has 1 aliphatic rings. The third kappa shape index (κ3) is 4.21. The molecule has 21 heavy (non-hydrogen) atoms. The zero-order chi connectivity index (χ0) is 19.8. The van der Waals surface area contributed by atoms with Crippen LogP contribution in [0.3, 0.4) is 0 Å². The Balaban J connectivity index is 2.19. The maximum absolute atomic E-state index is 12.1. The van der Waals surface area contributed by atoms with Gasteiger partial charge in [0.25, 0.3) is 0 Å². The summed E-state index contributed by atoms with van der Waals surface area (Å²) in [6.45, 7) is -0.295. The maximum atomic E-state index is 12.1. The van der Waals surface area contributed by atoms with Crippen molar-refractivity contribution in [3.63, 3.8) is 0 Å². The van der Waals surface area contributed by atoms with Gasteiger partial charge in [0.2, 0.25) is 0 Å². The van der Waals surface area contributed by atoms with Crippen molar-refractivity contribution in [2.24, 2.45) is 0 Å². The molecule has 0 saturated carbocycles. The van der Waals surface area contributed by atoms with Gasteiger partial charge >= 0.3 is 6.09 Å². The summed E-state index contributed by atoms with van der Waals surface area (Å²) in [5.41, 5.74) is 0.837. The summed E-state index contributed by atoms with van der Waals surface area (Å²) in [7, 11) is 0. The molecule has 0 radical (unpaired) electrons. The summed E-state index contributed by atoms with van der Waals surface area (Å²) in [4.78, 5) is 12.1. The second kappa shape index (κ2) is 6.48. The number of hydrogen-bond donors (Lipinski definition) is 1. The highest BCUT2D eigenvalue weighted by Crippen LogP contribution is 2.38. The van der Waals surface area contributed by atoms with Gasteiger partial charge in [-0.25, -0.2) is 4.79 Å². The Morgan fingerprint density at radius 1 is 1.38 bits per heavy atom. The Morgan fingerprint density at radius 2 is 2.10 bits per heavy atom. The molecule has 0 saturated heterocycles. The first-order chi connectivity index (χ1) is 11.8. The molecule has 1 N–H and O–H groups in total. The van der Waals surface area contributed by atoms with E-state index >= 15 is 0 Å². The standard InChI is InChI=1S/C17H25NO3/c1-5-20-15-11-10-14(12-8-6-7-9-13(12)15)18-16(19)21-17(2,3)4/h6-9,14-15H,5,10-11H2,1-4H3,(H,18,19)/t14-,15-/m0/s1/i1D3,5D2. The molecule has 0 aromatic heterocycles. The van der Waals surface area contributed by atoms with Crippen molar-refractivity contribution in [2.45, 2.75) is 58.2 Å². The van der Waals surface area contributed by atoms with Gasteiger partial charge in [0, 0.05) is 10.7 Å². The van der Waals surface area contributed by atoms with Gasteiger partial charge in [-0.05, 0) is 51.6 Å². The molecule has 4 nitrogen and oxygen atoms in total. The van der Waals surface area contributed by atoms with Crippen molar-refractivity contribution in [1.29, 1.82) is 0 Å². The minimum Gasteiger partial charge on any atom is -0.444 e. The first kappa shape index (κ1) is 10.2. The molecule has 116 valence electrons. The third-order valence-corrected chi connectivity index (χ3v) is 3.33. The molecule has 1 aromatic carbocycles. The van der Waals surface area contributed by atoms with Crippen LogP contribution in [0.25, 0.3) is 0 Å². The van der Waals surface area contributed by atoms with Gasteiger partial charge in [-0.15, -0.1) is 0 Å². The smallest absolute Gasteiger partial charge is 0.408 e. The van der Waals surface area contributed by atoms with Gasteiger partial charge in [0.1, 0.15) is 5.60 Å². The minimum atomic E-state index is -2.88. The van der Waals surface area contributed by atoms with Crippen molar-refractivity contribution in [3.8, 4) is 0 Å². The van der Waals surface area contributed by atoms with Crippen LogP contribution in [0.5, 0.6) is 0 Å². The molecule has 2 rings (SSSR count). The topological polar surface area (TPSA) is 47.6 Å². The van der Waals surface area contributed by atoms with E-state index in [0.29, 0.717) is 18.4 Å². The predicted octanol–water partition coefficient (Wildman–Crippen LogP) is 4.12. The van der Waals surface area contributed by atoms with Gasteiger partial charge in [-0.3, -0.25) is 0 Å². The highest BCUT2D eigenvalue weighted by molar-refractivity contribution is 5.68. The first-order valence-corrected chi connectivity index (χ1v) is 7.06. The van der Waals surface area contributed by atoms with Crippen LogP contribution in [0.15, 0.2) is 24.3 Å². The molecule has 0 unspecified atom stereocenters. The molecule has 4 heteroatoms. The zero-order valence-electron chi connectivity index (χ0n) is 17.6. The molecule has 1 amide bonds. The van der Waals surface area contributed by atoms with Crippen molar-refractivity contribution in [1.82, 2.24) is 5.32 Å². The number of benzene rings is 1. The fourth-order valence-electron chi connectivity index (χ4n) is 2.54. The second-order valence-corrected chi connectivity index (χ2v) is 6.11. The number of ether oxygens (including phenoxy) is 2. The number of nitrogens with one attached hydrogen (secondary N) is 1. The Bertz CT molecular complexity index is 655. The number of carbonyl (C=O) groups excluding carboxylic acids is 1. The van der Waals surface area contributed by atoms with Crippen molar-refractivity contribution >= 4 is 6.09 Å². The van der Waals surface area contributed by atoms with Crippen LogP contribution in [0.4, 0.5) is 4.79 Å². The van der Waals surface area contributed by atoms with Gasteiger partial charge in [-0.1, -0.05) is 24.3 Å². The predicted molar refractivity (Wildman–Crippen MR) is 82.2 cm³/mol. The number of carbonyl (C=O) groups is 1. The Kier molecular flexibility index (Phi) is 3.15. The summed E-state index contributed by atoms with van der Waals surface area (Å²) in [5, 5.41) is 2.82. The van der Waals surface area contributed by atoms with E-state index in [2.05, 4.69) is 5.32 Å². The quantitative estimate of drug-likeness (QED) is 0.912. The Labute approximate surface area is 133 Å². The van der Waals surface area contributed by atoms with Crippen molar-refractivity contribution < 1.29 is 21.1 Å². The molecule has 0 aliphatic heterocycles. The number of hydrogen-bond acceptors (Lipinski definition) is 3. The highest BCUT2D eigenvalue weighted by Gasteiger charge is 2.29. The molecule has 2 atom stereocenters. The van der Waals surface area contributed by atoms with Crippen molar-refractivity contribution in [2.75, 3.05) is 6.56 Å². The number of fused-ring (bicyclic) bond motifs is 1. The monoisotopic (exact) mass is 296 g/mol. The average Bonchev–Trinajstić information content (AvgIpc) is 2.46. The van der Waals surface area contributed by atoms with Crippen LogP contribution in [0, 0.1) is 0 Å². The molecule has 0 fully saturated rings. The lowest BCUT2D eigenvalue weighted by molar-refractivity contribution is 0.0373. The largest absolute Gasteiger partial charge is 0.444 e. The second-order valence-electron chi connectivity index (χ2n) is 6.11. The number of amides is 1. The average molecular weight is 296 g/mol. The first-order valence-electron chi connectivity index (χ1n) is 9.56. The highest BCUT2D eigenvalue weighted by atomic mass is 16.6. The number of alkyl carbamates (subject to hydrolysis) is 1. The lowest BCUT2D eigenvalue weighted by Gasteiger charge is -2.32. The van der Waals surface area contributed by atoms with Gasteiger partial charge in [0.05, 0.1) is 14.9 Å². The molecule has 1 aromatic rings. The van der Waals surface area contributed by atoms with Gasteiger partial charge < -0.3 is 14.8 Å². The van der Waals surface area contributed by atoms with Gasteiger partial charge in [0.15, 0.2) is 0 Å². The van der Waals surface area contributed by atoms with Crippen molar-refractivity contribution in [3.05, 3.63) is 35.4 Å². The van der Waals surface area contributed by atoms with Crippen LogP contribution < -0.4 is 5.32 Å². The fourth-order valence-corrected chi connectivity index (χ4v) is 2.54. The molecular formula is C17H25NO3. The van der Waals surface area contributed by atoms with Crippen LogP contribution in [-0.2, 0) is 9.47 Å². The SMILES string of the molecule is [2H]C([2H])([2H])C([2H])([2H])O[C@H]1CC[C@H](NC(=O)OC(C)(C)C)c2ccccc21. The molecule has 0 bridgehead atoms. The molecular weight excluding hydrogens is 266 g/mol. The summed E-state index contributed by atoms with van der Waals surface area (Å²) in [6.07, 6.45) is -0.363. The Morgan fingerprint density at radius 3 is 2.76 bits per heavy atom. The molecule has 0 spiro atoms. The zero-order valence-corrected chi connectivity index (χ0v) is 12.6. The third-order valence-electron chi connectivity index (χ3n) is 3.33. The lowest BCUT2D eigenvalue weighted by Crippen LogP contribution is -2.36. The van der Waals surface area contributed by atoms with E-state index < -0.39 is 31.2 Å². The van der Waals surface area contributed by atoms with Crippen LogP contribution in [-0.4, -0.2) is 18.3 Å². The van der Waals surface area contributed by atoms with E-state index in [9.17, 15) is 4.79 Å². The number of rotatable bonds is 3. The van der Waals surface area contributed by atoms with E-state index in [1.807, 2.05) is 12.1 Å². The molecule has 0 heterocycles. The summed E-state index contributed by atoms with van der Waals surface area (Å²) in [5.74, 6) is 0. The molecule has 1 aliphatic carbocycles. The van der Waals surface area contributed by atoms with E-state index in [1.165, 1.54) is 0 Å². The van der Waals surface area contributed by atoms with Crippen LogP contribution in [0.1, 0.15) is 70.6 Å². The lowest BCUT2D eigenvalue weighted by atomic mass is 9.85. The summed E-state index contributed by atoms with van der Waals surface area (Å²) >= 11 is 0. The normalized spacial score (nSPS) is 26.3. The minimum absolute atomic E-state index is 0.306. The maximum Gasteiger partial charge on any atom is 0.408 e. The van der Waals surface area contributed by atoms with Crippen LogP contribution >= 0.6 is 0 Å². The van der Waals surface area contributed by atoms with E-state index in [1.54, 1.807) is 32.9 Å². The Hall–Kier alpha value is -1.55. The summed E-state index contributed by atoms with van der Waals surface area (Å²) < 4.78 is 48.0. The fraction of sp³-hybridized carbons (Fsp3) is 0.588. The van der Waals surface area contributed by atoms with E-state index in [0.717, 1.165) is 5.56 Å². The van der Waals surface area contributed by atoms with Gasteiger partial charge in [-0.2, -0.15) is 0 Å². The van der Waals surface area contributed by atoms with Crippen LogP contribution in [0.2, 0.25) is 0 Å². The van der Waals surface area contributed by atoms with E-state index in [-0.39, 0.29) is 6.04 Å².